The first-order valence-corrected chi connectivity index (χ1v) is 5.71. The molecule has 1 N–H and O–H groups in total. The van der Waals surface area contributed by atoms with Gasteiger partial charge in [0.05, 0.1) is 12.7 Å². The van der Waals surface area contributed by atoms with Crippen LogP contribution in [0.2, 0.25) is 0 Å². The van der Waals surface area contributed by atoms with Crippen molar-refractivity contribution >= 4 is 5.97 Å². The minimum Gasteiger partial charge on any atom is -0.497 e. The number of hydrogen-bond donors (Lipinski definition) is 1. The number of methoxy groups -OCH3 is 1. The molecule has 0 fully saturated rings. The van der Waals surface area contributed by atoms with E-state index in [1.165, 1.54) is 25.3 Å². The maximum absolute atomic E-state index is 14.0. The third kappa shape index (κ3) is 2.57. The summed E-state index contributed by atoms with van der Waals surface area (Å²) in [6.45, 7) is 1.83. The maximum Gasteiger partial charge on any atom is 0.336 e. The number of halogens is 1. The molecule has 2 rings (SSSR count). The fourth-order valence-electron chi connectivity index (χ4n) is 1.91. The van der Waals surface area contributed by atoms with E-state index >= 15 is 0 Å². The van der Waals surface area contributed by atoms with Crippen molar-refractivity contribution in [2.24, 2.45) is 0 Å². The Balaban J connectivity index is 2.64. The molecule has 0 aromatic heterocycles. The molecule has 19 heavy (non-hydrogen) atoms. The normalized spacial score (nSPS) is 10.3. The third-order valence-electron chi connectivity index (χ3n) is 2.87. The molecular weight excluding hydrogens is 247 g/mol. The molecule has 0 atom stereocenters. The molecule has 0 heterocycles. The fourth-order valence-corrected chi connectivity index (χ4v) is 1.91. The number of carboxylic acids is 1. The van der Waals surface area contributed by atoms with Gasteiger partial charge in [0.2, 0.25) is 0 Å². The summed E-state index contributed by atoms with van der Waals surface area (Å²) < 4.78 is 19.0. The van der Waals surface area contributed by atoms with E-state index in [9.17, 15) is 9.18 Å². The molecule has 0 bridgehead atoms. The van der Waals surface area contributed by atoms with Crippen molar-refractivity contribution in [2.45, 2.75) is 6.92 Å². The Bertz CT molecular complexity index is 635. The van der Waals surface area contributed by atoms with Gasteiger partial charge in [-0.3, -0.25) is 0 Å². The first kappa shape index (κ1) is 13.1. The second-order valence-electron chi connectivity index (χ2n) is 4.20. The van der Waals surface area contributed by atoms with Gasteiger partial charge < -0.3 is 9.84 Å². The average molecular weight is 260 g/mol. The van der Waals surface area contributed by atoms with E-state index in [1.54, 1.807) is 18.2 Å². The van der Waals surface area contributed by atoms with Crippen LogP contribution in [0.4, 0.5) is 4.39 Å². The number of aromatic carboxylic acids is 1. The summed E-state index contributed by atoms with van der Waals surface area (Å²) in [7, 11) is 1.45. The Morgan fingerprint density at radius 3 is 2.47 bits per heavy atom. The molecule has 0 aliphatic heterocycles. The van der Waals surface area contributed by atoms with Gasteiger partial charge >= 0.3 is 5.97 Å². The van der Waals surface area contributed by atoms with Crippen LogP contribution in [0, 0.1) is 12.7 Å². The second-order valence-corrected chi connectivity index (χ2v) is 4.20. The third-order valence-corrected chi connectivity index (χ3v) is 2.87. The lowest BCUT2D eigenvalue weighted by atomic mass is 9.97. The molecule has 3 nitrogen and oxygen atoms in total. The first-order valence-electron chi connectivity index (χ1n) is 5.71. The number of rotatable bonds is 3. The number of ether oxygens (including phenoxy) is 1. The van der Waals surface area contributed by atoms with Gasteiger partial charge in [0.15, 0.2) is 0 Å². The summed E-state index contributed by atoms with van der Waals surface area (Å²) in [4.78, 5) is 11.2. The predicted octanol–water partition coefficient (Wildman–Crippen LogP) is 3.51. The molecule has 0 saturated carbocycles. The fraction of sp³-hybridized carbons (Fsp3) is 0.133. The number of carboxylic acid groups (broad SMARTS) is 1. The van der Waals surface area contributed by atoms with Crippen LogP contribution in [0.25, 0.3) is 11.1 Å². The molecule has 4 heteroatoms. The summed E-state index contributed by atoms with van der Waals surface area (Å²) in [6, 6.07) is 9.20. The minimum absolute atomic E-state index is 0.0784. The van der Waals surface area contributed by atoms with Crippen LogP contribution in [0.1, 0.15) is 15.9 Å². The maximum atomic E-state index is 14.0. The van der Waals surface area contributed by atoms with Crippen molar-refractivity contribution in [1.82, 2.24) is 0 Å². The number of benzene rings is 2. The van der Waals surface area contributed by atoms with Crippen molar-refractivity contribution in [3.05, 3.63) is 53.3 Å². The molecule has 2 aromatic rings. The summed E-state index contributed by atoms with van der Waals surface area (Å²) in [6.07, 6.45) is 0. The zero-order chi connectivity index (χ0) is 14.0. The Labute approximate surface area is 110 Å². The highest BCUT2D eigenvalue weighted by Crippen LogP contribution is 2.29. The monoisotopic (exact) mass is 260 g/mol. The van der Waals surface area contributed by atoms with Gasteiger partial charge in [-0.05, 0) is 30.7 Å². The van der Waals surface area contributed by atoms with E-state index in [-0.39, 0.29) is 11.1 Å². The quantitative estimate of drug-likeness (QED) is 0.918. The van der Waals surface area contributed by atoms with Crippen LogP contribution in [-0.2, 0) is 0 Å². The second kappa shape index (κ2) is 5.10. The molecule has 0 saturated heterocycles. The van der Waals surface area contributed by atoms with E-state index < -0.39 is 11.8 Å². The SMILES string of the molecule is COc1ccc(-c2cc(C)ccc2C(=O)O)c(F)c1. The molecule has 0 aliphatic carbocycles. The van der Waals surface area contributed by atoms with Gasteiger partial charge in [-0.2, -0.15) is 0 Å². The Kier molecular flexibility index (Phi) is 3.51. The van der Waals surface area contributed by atoms with Crippen LogP contribution >= 0.6 is 0 Å². The van der Waals surface area contributed by atoms with Gasteiger partial charge in [0.25, 0.3) is 0 Å². The molecule has 0 unspecified atom stereocenters. The summed E-state index contributed by atoms with van der Waals surface area (Å²) in [5, 5.41) is 9.16. The number of aryl methyl sites for hydroxylation is 1. The van der Waals surface area contributed by atoms with Crippen molar-refractivity contribution in [3.8, 4) is 16.9 Å². The highest BCUT2D eigenvalue weighted by molar-refractivity contribution is 5.96. The highest BCUT2D eigenvalue weighted by Gasteiger charge is 2.15. The lowest BCUT2D eigenvalue weighted by molar-refractivity contribution is 0.0697. The van der Waals surface area contributed by atoms with E-state index in [0.29, 0.717) is 11.3 Å². The van der Waals surface area contributed by atoms with Gasteiger partial charge in [-0.25, -0.2) is 9.18 Å². The zero-order valence-corrected chi connectivity index (χ0v) is 10.6. The Hall–Kier alpha value is -2.36. The average Bonchev–Trinajstić information content (AvgIpc) is 2.38. The molecule has 0 amide bonds. The molecule has 0 aliphatic rings. The minimum atomic E-state index is -1.08. The molecule has 0 spiro atoms. The molecule has 0 radical (unpaired) electrons. The standard InChI is InChI=1S/C15H13FO3/c1-9-3-5-12(15(17)18)13(7-9)11-6-4-10(19-2)8-14(11)16/h3-8H,1-2H3,(H,17,18). The first-order chi connectivity index (χ1) is 9.02. The van der Waals surface area contributed by atoms with Crippen LogP contribution in [0.3, 0.4) is 0 Å². The van der Waals surface area contributed by atoms with Gasteiger partial charge in [-0.15, -0.1) is 0 Å². The number of carbonyl (C=O) groups is 1. The largest absolute Gasteiger partial charge is 0.497 e. The van der Waals surface area contributed by atoms with E-state index in [2.05, 4.69) is 0 Å². The van der Waals surface area contributed by atoms with Crippen LogP contribution in [0.15, 0.2) is 36.4 Å². The van der Waals surface area contributed by atoms with Crippen molar-refractivity contribution in [3.63, 3.8) is 0 Å². The zero-order valence-electron chi connectivity index (χ0n) is 10.6. The summed E-state index contributed by atoms with van der Waals surface area (Å²) >= 11 is 0. The van der Waals surface area contributed by atoms with Gasteiger partial charge in [-0.1, -0.05) is 17.7 Å². The highest BCUT2D eigenvalue weighted by atomic mass is 19.1. The molecule has 98 valence electrons. The number of hydrogen-bond acceptors (Lipinski definition) is 2. The van der Waals surface area contributed by atoms with Crippen LogP contribution in [-0.4, -0.2) is 18.2 Å². The van der Waals surface area contributed by atoms with E-state index in [1.807, 2.05) is 6.92 Å². The topological polar surface area (TPSA) is 46.5 Å². The van der Waals surface area contributed by atoms with E-state index in [4.69, 9.17) is 9.84 Å². The van der Waals surface area contributed by atoms with Crippen molar-refractivity contribution < 1.29 is 19.0 Å². The summed E-state index contributed by atoms with van der Waals surface area (Å²) in [5.41, 5.74) is 1.57. The molecule has 2 aromatic carbocycles. The summed E-state index contributed by atoms with van der Waals surface area (Å²) in [5.74, 6) is -1.19. The van der Waals surface area contributed by atoms with Gasteiger partial charge in [0.1, 0.15) is 11.6 Å². The Morgan fingerprint density at radius 2 is 1.89 bits per heavy atom. The van der Waals surface area contributed by atoms with Crippen molar-refractivity contribution in [2.75, 3.05) is 7.11 Å². The van der Waals surface area contributed by atoms with Gasteiger partial charge in [0, 0.05) is 11.6 Å². The Morgan fingerprint density at radius 1 is 1.16 bits per heavy atom. The van der Waals surface area contributed by atoms with Crippen LogP contribution in [0.5, 0.6) is 5.75 Å². The smallest absolute Gasteiger partial charge is 0.336 e. The van der Waals surface area contributed by atoms with Crippen molar-refractivity contribution in [1.29, 1.82) is 0 Å². The molecular formula is C15H13FO3. The van der Waals surface area contributed by atoms with E-state index in [0.717, 1.165) is 5.56 Å². The van der Waals surface area contributed by atoms with Crippen LogP contribution < -0.4 is 4.74 Å². The predicted molar refractivity (Wildman–Crippen MR) is 70.1 cm³/mol. The lowest BCUT2D eigenvalue weighted by Crippen LogP contribution is -2.01. The lowest BCUT2D eigenvalue weighted by Gasteiger charge is -2.10.